The molecule has 0 heterocycles. The molecule has 0 aliphatic heterocycles. The van der Waals surface area contributed by atoms with Gasteiger partial charge in [0.15, 0.2) is 0 Å². The van der Waals surface area contributed by atoms with Gasteiger partial charge in [-0.05, 0) is 95.6 Å². The molecule has 1 aliphatic rings. The van der Waals surface area contributed by atoms with Crippen molar-refractivity contribution in [3.05, 3.63) is 0 Å². The molecule has 0 aromatic carbocycles. The Labute approximate surface area is 412 Å². The van der Waals surface area contributed by atoms with Gasteiger partial charge in [-0.3, -0.25) is 19.4 Å². The highest BCUT2D eigenvalue weighted by atomic mass is 16.5. The second kappa shape index (κ2) is 48.8. The number of hydrogen-bond donors (Lipinski definition) is 2. The van der Waals surface area contributed by atoms with Crippen LogP contribution in [0.4, 0.5) is 0 Å². The molecule has 1 amide bonds. The molecule has 2 N–H and O–H groups in total. The minimum absolute atomic E-state index is 0.0172. The van der Waals surface area contributed by atoms with Gasteiger partial charge in [0, 0.05) is 45.1 Å². The third-order valence-electron chi connectivity index (χ3n) is 15.1. The number of carbonyl (C=O) groups excluding carboxylic acids is 2. The van der Waals surface area contributed by atoms with Gasteiger partial charge in [0.05, 0.1) is 13.2 Å². The molecule has 0 bridgehead atoms. The number of rotatable bonds is 50. The number of carbonyl (C=O) groups is 2. The first-order chi connectivity index (χ1) is 32.5. The van der Waals surface area contributed by atoms with Crippen LogP contribution in [0.5, 0.6) is 0 Å². The zero-order chi connectivity index (χ0) is 47.8. The molecule has 7 heteroatoms. The van der Waals surface area contributed by atoms with E-state index in [2.05, 4.69) is 42.8 Å². The molecule has 1 rings (SSSR count). The minimum Gasteiger partial charge on any atom is -0.466 e. The highest BCUT2D eigenvalue weighted by Crippen LogP contribution is 2.25. The summed E-state index contributed by atoms with van der Waals surface area (Å²) >= 11 is 0. The van der Waals surface area contributed by atoms with E-state index in [4.69, 9.17) is 4.74 Å². The summed E-state index contributed by atoms with van der Waals surface area (Å²) in [6.07, 6.45) is 52.3. The second-order valence-corrected chi connectivity index (χ2v) is 21.3. The Morgan fingerprint density at radius 1 is 0.485 bits per heavy atom. The third kappa shape index (κ3) is 39.6. The molecule has 0 unspecified atom stereocenters. The largest absolute Gasteiger partial charge is 0.466 e. The molecule has 1 saturated carbocycles. The normalized spacial score (nSPS) is 13.7. The SMILES string of the molecule is CCCCCCCCC(CCCCCCCC)CC(=O)NCCCCCN(CCN(CCO)CCCCCOC(=O)CC(CCCCCCCC)CCCCCCCC)C1CCCCCC1. The molecule has 392 valence electrons. The van der Waals surface area contributed by atoms with Crippen molar-refractivity contribution in [3.63, 3.8) is 0 Å². The molecule has 0 saturated heterocycles. The summed E-state index contributed by atoms with van der Waals surface area (Å²) in [6.45, 7) is 15.6. The Balaban J connectivity index is 2.49. The lowest BCUT2D eigenvalue weighted by Gasteiger charge is -2.33. The summed E-state index contributed by atoms with van der Waals surface area (Å²) in [5.41, 5.74) is 0. The molecule has 0 spiro atoms. The molecule has 1 aliphatic carbocycles. The average molecular weight is 933 g/mol. The highest BCUT2D eigenvalue weighted by Gasteiger charge is 2.21. The van der Waals surface area contributed by atoms with Gasteiger partial charge in [-0.15, -0.1) is 0 Å². The zero-order valence-corrected chi connectivity index (χ0v) is 45.2. The lowest BCUT2D eigenvalue weighted by Crippen LogP contribution is -2.42. The monoisotopic (exact) mass is 932 g/mol. The van der Waals surface area contributed by atoms with Gasteiger partial charge in [0.1, 0.15) is 0 Å². The van der Waals surface area contributed by atoms with Gasteiger partial charge in [-0.25, -0.2) is 0 Å². The maximum absolute atomic E-state index is 13.1. The number of ether oxygens (including phenoxy) is 1. The topological polar surface area (TPSA) is 82.1 Å². The Morgan fingerprint density at radius 3 is 1.42 bits per heavy atom. The lowest BCUT2D eigenvalue weighted by atomic mass is 9.91. The molecule has 7 nitrogen and oxygen atoms in total. The van der Waals surface area contributed by atoms with Crippen LogP contribution < -0.4 is 5.32 Å². The van der Waals surface area contributed by atoms with Gasteiger partial charge in [0.2, 0.25) is 5.91 Å². The van der Waals surface area contributed by atoms with Gasteiger partial charge in [0.25, 0.3) is 0 Å². The molecule has 0 atom stereocenters. The van der Waals surface area contributed by atoms with Crippen molar-refractivity contribution in [2.75, 3.05) is 52.5 Å². The molecule has 66 heavy (non-hydrogen) atoms. The van der Waals surface area contributed by atoms with E-state index in [1.807, 2.05) is 0 Å². The molecular weight excluding hydrogens is 815 g/mol. The predicted molar refractivity (Wildman–Crippen MR) is 286 cm³/mol. The number of unbranched alkanes of at least 4 members (excludes halogenated alkanes) is 24. The number of aliphatic hydroxyl groups excluding tert-OH is 1. The van der Waals surface area contributed by atoms with E-state index >= 15 is 0 Å². The van der Waals surface area contributed by atoms with Crippen molar-refractivity contribution >= 4 is 11.9 Å². The van der Waals surface area contributed by atoms with Crippen molar-refractivity contribution in [1.29, 1.82) is 0 Å². The van der Waals surface area contributed by atoms with Gasteiger partial charge in [-0.2, -0.15) is 0 Å². The average Bonchev–Trinajstić information content (AvgIpc) is 3.61. The van der Waals surface area contributed by atoms with Crippen LogP contribution in [-0.4, -0.2) is 85.3 Å². The number of hydrogen-bond acceptors (Lipinski definition) is 6. The van der Waals surface area contributed by atoms with E-state index in [0.717, 1.165) is 77.8 Å². The maximum atomic E-state index is 13.1. The summed E-state index contributed by atoms with van der Waals surface area (Å²) < 4.78 is 5.82. The van der Waals surface area contributed by atoms with Crippen molar-refractivity contribution in [2.45, 2.75) is 303 Å². The van der Waals surface area contributed by atoms with Gasteiger partial charge in [-0.1, -0.05) is 214 Å². The van der Waals surface area contributed by atoms with Crippen LogP contribution >= 0.6 is 0 Å². The van der Waals surface area contributed by atoms with Crippen LogP contribution in [0.1, 0.15) is 297 Å². The van der Waals surface area contributed by atoms with Gasteiger partial charge < -0.3 is 15.2 Å². The fourth-order valence-corrected chi connectivity index (χ4v) is 10.7. The fraction of sp³-hybridized carbons (Fsp3) is 0.966. The van der Waals surface area contributed by atoms with Crippen molar-refractivity contribution in [2.24, 2.45) is 11.8 Å². The summed E-state index contributed by atoms with van der Waals surface area (Å²) in [6, 6.07) is 0.671. The van der Waals surface area contributed by atoms with Crippen LogP contribution in [0, 0.1) is 11.8 Å². The first kappa shape index (κ1) is 62.8. The quantitative estimate of drug-likeness (QED) is 0.0359. The second-order valence-electron chi connectivity index (χ2n) is 21.3. The summed E-state index contributed by atoms with van der Waals surface area (Å²) in [5, 5.41) is 13.3. The molecule has 0 radical (unpaired) electrons. The van der Waals surface area contributed by atoms with E-state index in [1.54, 1.807) is 0 Å². The summed E-state index contributed by atoms with van der Waals surface area (Å²) in [5.74, 6) is 1.33. The first-order valence-electron chi connectivity index (χ1n) is 30.0. The zero-order valence-electron chi connectivity index (χ0n) is 45.2. The minimum atomic E-state index is 0.0172. The standard InChI is InChI=1S/C59H117N3O4/c1-5-9-13-17-21-29-39-55(40-30-22-18-14-10-6-2)53-58(64)60-45-35-27-37-47-62(57-43-33-25-26-34-44-57)49-48-61(50-51-63)46-36-28-38-52-66-59(65)54-56(41-31-23-19-15-11-7-3)42-32-24-20-16-12-8-4/h55-57,63H,5-54H2,1-4H3,(H,60,64). The lowest BCUT2D eigenvalue weighted by molar-refractivity contribution is -0.145. The van der Waals surface area contributed by atoms with Crippen LogP contribution in [0.3, 0.4) is 0 Å². The van der Waals surface area contributed by atoms with Crippen LogP contribution in [0.15, 0.2) is 0 Å². The van der Waals surface area contributed by atoms with Crippen molar-refractivity contribution in [3.8, 4) is 0 Å². The van der Waals surface area contributed by atoms with E-state index in [1.165, 1.54) is 225 Å². The van der Waals surface area contributed by atoms with E-state index in [-0.39, 0.29) is 18.5 Å². The van der Waals surface area contributed by atoms with E-state index in [9.17, 15) is 14.7 Å². The van der Waals surface area contributed by atoms with Gasteiger partial charge >= 0.3 is 5.97 Å². The molecule has 0 aromatic heterocycles. The van der Waals surface area contributed by atoms with E-state index < -0.39 is 0 Å². The number of nitrogens with zero attached hydrogens (tertiary/aromatic N) is 2. The first-order valence-corrected chi connectivity index (χ1v) is 30.0. The highest BCUT2D eigenvalue weighted by molar-refractivity contribution is 5.76. The smallest absolute Gasteiger partial charge is 0.306 e. The maximum Gasteiger partial charge on any atom is 0.306 e. The Kier molecular flexibility index (Phi) is 46.5. The van der Waals surface area contributed by atoms with Crippen LogP contribution in [0.2, 0.25) is 0 Å². The fourth-order valence-electron chi connectivity index (χ4n) is 10.7. The van der Waals surface area contributed by atoms with Crippen LogP contribution in [-0.2, 0) is 14.3 Å². The molecule has 0 aromatic rings. The third-order valence-corrected chi connectivity index (χ3v) is 15.1. The van der Waals surface area contributed by atoms with Crippen LogP contribution in [0.25, 0.3) is 0 Å². The summed E-state index contributed by atoms with van der Waals surface area (Å²) in [7, 11) is 0. The molecular formula is C59H117N3O4. The number of esters is 1. The van der Waals surface area contributed by atoms with Crippen molar-refractivity contribution in [1.82, 2.24) is 15.1 Å². The Morgan fingerprint density at radius 2 is 0.924 bits per heavy atom. The number of amides is 1. The Hall–Kier alpha value is -1.18. The number of nitrogens with one attached hydrogen (secondary N) is 1. The van der Waals surface area contributed by atoms with Crippen molar-refractivity contribution < 1.29 is 19.4 Å². The van der Waals surface area contributed by atoms with E-state index in [0.29, 0.717) is 30.9 Å². The molecule has 1 fully saturated rings. The summed E-state index contributed by atoms with van der Waals surface area (Å²) in [4.78, 5) is 31.3. The Bertz CT molecular complexity index is 987. The number of aliphatic hydroxyl groups is 1. The predicted octanol–water partition coefficient (Wildman–Crippen LogP) is 16.3.